The molecule has 3 aromatic heterocycles. The maximum atomic E-state index is 12.7. The van der Waals surface area contributed by atoms with Crippen LogP contribution in [0, 0.1) is 13.8 Å². The number of rotatable bonds is 2. The van der Waals surface area contributed by atoms with Crippen molar-refractivity contribution in [2.45, 2.75) is 26.8 Å². The average Bonchev–Trinajstić information content (AvgIpc) is 3.31. The van der Waals surface area contributed by atoms with Gasteiger partial charge in [0.05, 0.1) is 28.8 Å². The molecule has 1 aliphatic rings. The van der Waals surface area contributed by atoms with Gasteiger partial charge in [-0.05, 0) is 55.7 Å². The predicted molar refractivity (Wildman–Crippen MR) is 106 cm³/mol. The first-order chi connectivity index (χ1) is 13.6. The van der Waals surface area contributed by atoms with E-state index in [1.807, 2.05) is 4.90 Å². The first-order valence-corrected chi connectivity index (χ1v) is 9.33. The van der Waals surface area contributed by atoms with Crippen LogP contribution in [0.1, 0.15) is 32.7 Å². The van der Waals surface area contributed by atoms with Crippen LogP contribution in [0.2, 0.25) is 0 Å². The summed E-state index contributed by atoms with van der Waals surface area (Å²) < 4.78 is 0. The molecule has 5 rings (SSSR count). The van der Waals surface area contributed by atoms with Crippen molar-refractivity contribution in [3.05, 3.63) is 64.6 Å². The van der Waals surface area contributed by atoms with Crippen molar-refractivity contribution in [1.29, 1.82) is 0 Å². The maximum Gasteiger partial charge on any atom is 0.255 e. The van der Waals surface area contributed by atoms with Crippen LogP contribution in [0.15, 0.2) is 36.7 Å². The lowest BCUT2D eigenvalue weighted by molar-refractivity contribution is 0.0732. The molecular formula is C21H20N6O. The van der Waals surface area contributed by atoms with Crippen molar-refractivity contribution in [2.75, 3.05) is 6.54 Å². The summed E-state index contributed by atoms with van der Waals surface area (Å²) in [5.74, 6) is 0.758. The number of hydrogen-bond donors (Lipinski definition) is 2. The Morgan fingerprint density at radius 3 is 2.89 bits per heavy atom. The van der Waals surface area contributed by atoms with Gasteiger partial charge in [0.1, 0.15) is 5.69 Å². The Morgan fingerprint density at radius 2 is 2.07 bits per heavy atom. The lowest BCUT2D eigenvalue weighted by atomic mass is 10.0. The summed E-state index contributed by atoms with van der Waals surface area (Å²) in [6.07, 6.45) is 4.01. The number of aryl methyl sites for hydroxylation is 2. The molecule has 2 N–H and O–H groups in total. The van der Waals surface area contributed by atoms with Crippen LogP contribution in [-0.4, -0.2) is 42.5 Å². The van der Waals surface area contributed by atoms with Crippen LogP contribution >= 0.6 is 0 Å². The van der Waals surface area contributed by atoms with Gasteiger partial charge in [-0.25, -0.2) is 4.98 Å². The van der Waals surface area contributed by atoms with Crippen LogP contribution in [0.25, 0.3) is 22.6 Å². The molecule has 7 nitrogen and oxygen atoms in total. The van der Waals surface area contributed by atoms with Gasteiger partial charge < -0.3 is 9.88 Å². The van der Waals surface area contributed by atoms with Crippen molar-refractivity contribution < 1.29 is 4.79 Å². The van der Waals surface area contributed by atoms with E-state index in [0.717, 1.165) is 40.2 Å². The summed E-state index contributed by atoms with van der Waals surface area (Å²) in [5.41, 5.74) is 7.95. The Kier molecular flexibility index (Phi) is 3.75. The minimum absolute atomic E-state index is 0.00964. The zero-order valence-corrected chi connectivity index (χ0v) is 15.8. The number of aromatic nitrogens is 5. The Bertz CT molecular complexity index is 1150. The van der Waals surface area contributed by atoms with Gasteiger partial charge in [-0.2, -0.15) is 5.10 Å². The zero-order valence-electron chi connectivity index (χ0n) is 15.8. The number of fused-ring (bicyclic) bond motifs is 2. The molecule has 4 heterocycles. The second-order valence-corrected chi connectivity index (χ2v) is 7.29. The summed E-state index contributed by atoms with van der Waals surface area (Å²) in [6.45, 7) is 5.34. The number of nitrogens with one attached hydrogen (secondary N) is 2. The molecule has 0 unspecified atom stereocenters. The van der Waals surface area contributed by atoms with Crippen LogP contribution in [0.4, 0.5) is 0 Å². The highest BCUT2D eigenvalue weighted by Crippen LogP contribution is 2.29. The van der Waals surface area contributed by atoms with E-state index >= 15 is 0 Å². The molecule has 0 bridgehead atoms. The molecule has 1 amide bonds. The number of benzene rings is 1. The fraction of sp³-hybridized carbons (Fsp3) is 0.238. The van der Waals surface area contributed by atoms with E-state index in [1.165, 1.54) is 11.1 Å². The molecule has 0 fully saturated rings. The molecule has 28 heavy (non-hydrogen) atoms. The lowest BCUT2D eigenvalue weighted by Gasteiger charge is -2.26. The zero-order chi connectivity index (χ0) is 19.3. The minimum atomic E-state index is -0.00964. The highest BCUT2D eigenvalue weighted by Gasteiger charge is 2.27. The van der Waals surface area contributed by atoms with E-state index in [0.29, 0.717) is 18.7 Å². The molecule has 0 spiro atoms. The molecule has 4 aromatic rings. The SMILES string of the molecule is Cc1cc2nc(-c3n[nH]c4c3CCN(C(=O)c3cccnc3)C4)[nH]c2cc1C. The number of imidazole rings is 1. The van der Waals surface area contributed by atoms with Gasteiger partial charge in [0.25, 0.3) is 5.91 Å². The molecule has 0 saturated carbocycles. The third kappa shape index (κ3) is 2.67. The second kappa shape index (κ2) is 6.30. The fourth-order valence-electron chi connectivity index (χ4n) is 3.74. The van der Waals surface area contributed by atoms with Gasteiger partial charge in [0.15, 0.2) is 5.82 Å². The molecule has 0 atom stereocenters. The minimum Gasteiger partial charge on any atom is -0.337 e. The molecule has 0 radical (unpaired) electrons. The van der Waals surface area contributed by atoms with Crippen molar-refractivity contribution in [2.24, 2.45) is 0 Å². The van der Waals surface area contributed by atoms with Gasteiger partial charge in [-0.3, -0.25) is 14.9 Å². The smallest absolute Gasteiger partial charge is 0.255 e. The number of nitrogens with zero attached hydrogens (tertiary/aromatic N) is 4. The Hall–Kier alpha value is -3.48. The van der Waals surface area contributed by atoms with E-state index in [-0.39, 0.29) is 5.91 Å². The van der Waals surface area contributed by atoms with Crippen LogP contribution < -0.4 is 0 Å². The normalized spacial score (nSPS) is 13.7. The summed E-state index contributed by atoms with van der Waals surface area (Å²) in [4.78, 5) is 26.7. The standard InChI is InChI=1S/C21H20N6O/c1-12-8-16-17(9-13(12)2)24-20(23-16)19-15-5-7-27(11-18(15)25-26-19)21(28)14-4-3-6-22-10-14/h3-4,6,8-10H,5,7,11H2,1-2H3,(H,23,24)(H,25,26). The first-order valence-electron chi connectivity index (χ1n) is 9.33. The van der Waals surface area contributed by atoms with E-state index in [9.17, 15) is 4.79 Å². The summed E-state index contributed by atoms with van der Waals surface area (Å²) in [5, 5.41) is 7.61. The molecule has 140 valence electrons. The highest BCUT2D eigenvalue weighted by atomic mass is 16.2. The first kappa shape index (κ1) is 16.7. The number of hydrogen-bond acceptors (Lipinski definition) is 4. The van der Waals surface area contributed by atoms with Crippen molar-refractivity contribution in [1.82, 2.24) is 30.0 Å². The number of H-pyrrole nitrogens is 2. The van der Waals surface area contributed by atoms with Gasteiger partial charge >= 0.3 is 0 Å². The number of pyridine rings is 1. The Morgan fingerprint density at radius 1 is 1.21 bits per heavy atom. The Balaban J connectivity index is 1.45. The van der Waals surface area contributed by atoms with Gasteiger partial charge in [-0.1, -0.05) is 0 Å². The average molecular weight is 372 g/mol. The summed E-state index contributed by atoms with van der Waals surface area (Å²) in [6, 6.07) is 7.79. The Labute approximate surface area is 161 Å². The van der Waals surface area contributed by atoms with E-state index in [1.54, 1.807) is 24.5 Å². The van der Waals surface area contributed by atoms with Gasteiger partial charge in [-0.15, -0.1) is 0 Å². The monoisotopic (exact) mass is 372 g/mol. The third-order valence-corrected chi connectivity index (χ3v) is 5.45. The predicted octanol–water partition coefficient (Wildman–Crippen LogP) is 3.16. The third-order valence-electron chi connectivity index (χ3n) is 5.45. The summed E-state index contributed by atoms with van der Waals surface area (Å²) in [7, 11) is 0. The fourth-order valence-corrected chi connectivity index (χ4v) is 3.74. The van der Waals surface area contributed by atoms with E-state index < -0.39 is 0 Å². The second-order valence-electron chi connectivity index (χ2n) is 7.29. The molecule has 1 aromatic carbocycles. The molecule has 7 heteroatoms. The number of aromatic amines is 2. The molecular weight excluding hydrogens is 352 g/mol. The number of carbonyl (C=O) groups excluding carboxylic acids is 1. The lowest BCUT2D eigenvalue weighted by Crippen LogP contribution is -2.36. The van der Waals surface area contributed by atoms with E-state index in [2.05, 4.69) is 46.1 Å². The van der Waals surface area contributed by atoms with Crippen LogP contribution in [0.5, 0.6) is 0 Å². The van der Waals surface area contributed by atoms with Gasteiger partial charge in [0, 0.05) is 24.5 Å². The van der Waals surface area contributed by atoms with Crippen molar-refractivity contribution in [3.8, 4) is 11.5 Å². The van der Waals surface area contributed by atoms with Crippen LogP contribution in [0.3, 0.4) is 0 Å². The number of amides is 1. The maximum absolute atomic E-state index is 12.7. The molecule has 1 aliphatic heterocycles. The van der Waals surface area contributed by atoms with Gasteiger partial charge in [0.2, 0.25) is 0 Å². The van der Waals surface area contributed by atoms with Crippen molar-refractivity contribution >= 4 is 16.9 Å². The highest BCUT2D eigenvalue weighted by molar-refractivity contribution is 5.94. The molecule has 0 aliphatic carbocycles. The number of carbonyl (C=O) groups is 1. The van der Waals surface area contributed by atoms with Crippen LogP contribution in [-0.2, 0) is 13.0 Å². The topological polar surface area (TPSA) is 90.6 Å². The van der Waals surface area contributed by atoms with E-state index in [4.69, 9.17) is 4.98 Å². The molecule has 0 saturated heterocycles. The quantitative estimate of drug-likeness (QED) is 0.565. The largest absolute Gasteiger partial charge is 0.337 e. The van der Waals surface area contributed by atoms with Crippen molar-refractivity contribution in [3.63, 3.8) is 0 Å². The summed E-state index contributed by atoms with van der Waals surface area (Å²) >= 11 is 0.